The third kappa shape index (κ3) is 9.33. The van der Waals surface area contributed by atoms with E-state index in [4.69, 9.17) is 25.7 Å². The predicted molar refractivity (Wildman–Crippen MR) is 230 cm³/mol. The van der Waals surface area contributed by atoms with Gasteiger partial charge in [0, 0.05) is 38.6 Å². The molecule has 62 heavy (non-hydrogen) atoms. The van der Waals surface area contributed by atoms with E-state index in [0.29, 0.717) is 62.6 Å². The number of nitrogens with one attached hydrogen (secondary N) is 3. The Morgan fingerprint density at radius 3 is 2.42 bits per heavy atom. The van der Waals surface area contributed by atoms with Crippen LogP contribution in [0.15, 0.2) is 35.3 Å². The molecule has 4 amide bonds. The van der Waals surface area contributed by atoms with Gasteiger partial charge in [0.1, 0.15) is 24.2 Å². The molecule has 6 fully saturated rings. The van der Waals surface area contributed by atoms with Crippen molar-refractivity contribution in [1.29, 1.82) is 0 Å². The maximum Gasteiger partial charge on any atom is 0.305 e. The van der Waals surface area contributed by atoms with Crippen LogP contribution in [0.5, 0.6) is 0 Å². The molecule has 0 aromatic heterocycles. The minimum Gasteiger partial charge on any atom is -0.481 e. The number of rotatable bonds is 15. The molecule has 342 valence electrons. The summed E-state index contributed by atoms with van der Waals surface area (Å²) in [5.41, 5.74) is 12.0. The summed E-state index contributed by atoms with van der Waals surface area (Å²) in [4.78, 5) is 73.7. The van der Waals surface area contributed by atoms with E-state index in [1.807, 2.05) is 37.4 Å². The molecule has 3 aliphatic heterocycles. The summed E-state index contributed by atoms with van der Waals surface area (Å²) in [6.45, 7) is 6.01. The Morgan fingerprint density at radius 1 is 0.935 bits per heavy atom. The average molecular weight is 864 g/mol. The molecule has 8 N–H and O–H groups in total. The number of nitrogens with zero attached hydrogens (tertiary/aromatic N) is 2. The SMILES string of the molecule is CO[C@H]1CC[C@@]2(C)[C@@H](CC[C@H]3[C@@H]2CC[C@@]2(C)[C@H]3C[C@H](C(=O)N[C@@H](CCCN=C(N)N)C(=O)N3CCC[C@@H]3C(=O)N[C@@H](CC(=O)O)C(=O)NCc3ccccc3)O[C@]23CCCO3)C1. The lowest BCUT2D eigenvalue weighted by molar-refractivity contribution is -0.348. The first-order valence-electron chi connectivity index (χ1n) is 23.0. The number of aliphatic carboxylic acids is 1. The standard InChI is InChI=1S/C46H69N7O9/c1-44-19-16-30(60-3)24-29(44)14-15-31-32(44)17-20-45(2)33(31)25-37(62-46(45)18-9-23-61-46)41(58)51-34(12-7-21-49-43(47)48)42(59)53-22-8-13-36(53)40(57)52-35(26-38(54)55)39(56)50-27-28-10-5-4-6-11-28/h4-6,10-11,29-37H,7-9,12-27H2,1-3H3,(H,50,56)(H,51,58)(H,52,57)(H,54,55)(H4,47,48,49)/t29-,30-,31-,32-,33-,34-,35-,36+,37+,44-,45-,46+/m0/s1. The number of hydrogen-bond acceptors (Lipinski definition) is 9. The van der Waals surface area contributed by atoms with Crippen LogP contribution in [0, 0.1) is 34.5 Å². The van der Waals surface area contributed by atoms with Gasteiger partial charge in [-0.3, -0.25) is 29.0 Å². The number of benzene rings is 1. The summed E-state index contributed by atoms with van der Waals surface area (Å²) in [7, 11) is 1.83. The molecule has 1 aromatic carbocycles. The van der Waals surface area contributed by atoms with E-state index in [-0.39, 0.29) is 54.7 Å². The number of carboxylic acid groups (broad SMARTS) is 1. The first kappa shape index (κ1) is 45.7. The van der Waals surface area contributed by atoms with Crippen molar-refractivity contribution in [2.75, 3.05) is 26.8 Å². The van der Waals surface area contributed by atoms with E-state index in [9.17, 15) is 29.1 Å². The van der Waals surface area contributed by atoms with Crippen molar-refractivity contribution in [1.82, 2.24) is 20.9 Å². The van der Waals surface area contributed by atoms with Gasteiger partial charge in [-0.1, -0.05) is 44.2 Å². The number of amides is 4. The lowest BCUT2D eigenvalue weighted by atomic mass is 9.42. The van der Waals surface area contributed by atoms with Crippen LogP contribution in [-0.4, -0.2) is 108 Å². The molecule has 6 aliphatic rings. The molecule has 0 radical (unpaired) electrons. The fourth-order valence-electron chi connectivity index (χ4n) is 12.7. The molecule has 0 unspecified atom stereocenters. The monoisotopic (exact) mass is 864 g/mol. The number of likely N-dealkylation sites (tertiary alicyclic amines) is 1. The highest BCUT2D eigenvalue weighted by Gasteiger charge is 2.67. The van der Waals surface area contributed by atoms with Crippen molar-refractivity contribution in [2.45, 2.75) is 153 Å². The molecule has 1 aromatic rings. The van der Waals surface area contributed by atoms with Gasteiger partial charge in [0.2, 0.25) is 23.6 Å². The molecular formula is C46H69N7O9. The van der Waals surface area contributed by atoms with Gasteiger partial charge in [0.15, 0.2) is 11.7 Å². The second-order valence-corrected chi connectivity index (χ2v) is 19.4. The fourth-order valence-corrected chi connectivity index (χ4v) is 12.7. The number of ether oxygens (including phenoxy) is 3. The number of fused-ring (bicyclic) bond motifs is 6. The highest BCUT2D eigenvalue weighted by Crippen LogP contribution is 2.68. The molecule has 7 rings (SSSR count). The number of carboxylic acids is 1. The molecule has 3 saturated heterocycles. The van der Waals surface area contributed by atoms with Crippen LogP contribution in [-0.2, 0) is 44.7 Å². The quantitative estimate of drug-likeness (QED) is 0.0850. The summed E-state index contributed by atoms with van der Waals surface area (Å²) < 4.78 is 19.4. The van der Waals surface area contributed by atoms with Crippen molar-refractivity contribution in [3.8, 4) is 0 Å². The van der Waals surface area contributed by atoms with Crippen LogP contribution in [0.25, 0.3) is 0 Å². The molecule has 3 saturated carbocycles. The zero-order chi connectivity index (χ0) is 44.2. The Morgan fingerprint density at radius 2 is 1.71 bits per heavy atom. The van der Waals surface area contributed by atoms with Crippen molar-refractivity contribution >= 4 is 35.6 Å². The molecular weight excluding hydrogens is 795 g/mol. The van der Waals surface area contributed by atoms with Gasteiger partial charge >= 0.3 is 5.97 Å². The summed E-state index contributed by atoms with van der Waals surface area (Å²) in [5, 5.41) is 18.0. The predicted octanol–water partition coefficient (Wildman–Crippen LogP) is 3.35. The van der Waals surface area contributed by atoms with Gasteiger partial charge in [-0.15, -0.1) is 0 Å². The molecule has 3 heterocycles. The maximum absolute atomic E-state index is 14.7. The molecule has 1 spiro atoms. The van der Waals surface area contributed by atoms with E-state index in [0.717, 1.165) is 56.9 Å². The minimum atomic E-state index is -1.37. The Balaban J connectivity index is 1.08. The molecule has 3 aliphatic carbocycles. The van der Waals surface area contributed by atoms with Crippen molar-refractivity contribution < 1.29 is 43.3 Å². The molecule has 12 atom stereocenters. The van der Waals surface area contributed by atoms with E-state index in [2.05, 4.69) is 34.8 Å². The van der Waals surface area contributed by atoms with Crippen LogP contribution < -0.4 is 27.4 Å². The number of aliphatic imine (C=N–C) groups is 1. The van der Waals surface area contributed by atoms with Gasteiger partial charge in [-0.2, -0.15) is 0 Å². The van der Waals surface area contributed by atoms with E-state index >= 15 is 0 Å². The van der Waals surface area contributed by atoms with Gasteiger partial charge in [0.05, 0.1) is 19.1 Å². The van der Waals surface area contributed by atoms with Gasteiger partial charge in [-0.05, 0) is 118 Å². The van der Waals surface area contributed by atoms with Crippen LogP contribution in [0.1, 0.15) is 116 Å². The van der Waals surface area contributed by atoms with E-state index in [1.54, 1.807) is 0 Å². The number of guanidine groups is 1. The third-order valence-electron chi connectivity index (χ3n) is 16.0. The summed E-state index contributed by atoms with van der Waals surface area (Å²) >= 11 is 0. The van der Waals surface area contributed by atoms with Gasteiger partial charge in [-0.25, -0.2) is 0 Å². The van der Waals surface area contributed by atoms with Crippen molar-refractivity contribution in [3.63, 3.8) is 0 Å². The minimum absolute atomic E-state index is 0.0853. The van der Waals surface area contributed by atoms with E-state index in [1.165, 1.54) is 4.90 Å². The third-order valence-corrected chi connectivity index (χ3v) is 16.0. The second kappa shape index (κ2) is 19.2. The first-order chi connectivity index (χ1) is 29.7. The Bertz CT molecular complexity index is 1820. The number of methoxy groups -OCH3 is 1. The van der Waals surface area contributed by atoms with Crippen LogP contribution in [0.3, 0.4) is 0 Å². The Hall–Kier alpha value is -4.28. The maximum atomic E-state index is 14.7. The smallest absolute Gasteiger partial charge is 0.305 e. The normalized spacial score (nSPS) is 34.8. The number of carbonyl (C=O) groups excluding carboxylic acids is 4. The molecule has 16 heteroatoms. The van der Waals surface area contributed by atoms with Gasteiger partial charge in [0.25, 0.3) is 0 Å². The summed E-state index contributed by atoms with van der Waals surface area (Å²) in [6, 6.07) is 5.76. The lowest BCUT2D eigenvalue weighted by Gasteiger charge is -2.66. The van der Waals surface area contributed by atoms with Crippen molar-refractivity contribution in [2.24, 2.45) is 51.0 Å². The zero-order valence-corrected chi connectivity index (χ0v) is 36.8. The lowest BCUT2D eigenvalue weighted by Crippen LogP contribution is -2.66. The average Bonchev–Trinajstić information content (AvgIpc) is 3.95. The summed E-state index contributed by atoms with van der Waals surface area (Å²) in [6.07, 6.45) is 9.89. The number of nitrogens with two attached hydrogens (primary N) is 2. The fraction of sp³-hybridized carbons (Fsp3) is 0.739. The summed E-state index contributed by atoms with van der Waals surface area (Å²) in [5.74, 6) is -2.62. The molecule has 0 bridgehead atoms. The van der Waals surface area contributed by atoms with Crippen LogP contribution >= 0.6 is 0 Å². The van der Waals surface area contributed by atoms with Crippen LogP contribution in [0.4, 0.5) is 0 Å². The highest BCUT2D eigenvalue weighted by molar-refractivity contribution is 5.96. The van der Waals surface area contributed by atoms with Gasteiger partial charge < -0.3 is 51.6 Å². The number of hydrogen-bond donors (Lipinski definition) is 6. The first-order valence-corrected chi connectivity index (χ1v) is 23.0. The Labute approximate surface area is 365 Å². The second-order valence-electron chi connectivity index (χ2n) is 19.4. The van der Waals surface area contributed by atoms with E-state index < -0.39 is 60.1 Å². The van der Waals surface area contributed by atoms with Crippen molar-refractivity contribution in [3.05, 3.63) is 35.9 Å². The molecule has 16 nitrogen and oxygen atoms in total. The zero-order valence-electron chi connectivity index (χ0n) is 36.8. The highest BCUT2D eigenvalue weighted by atomic mass is 16.7. The van der Waals surface area contributed by atoms with Crippen LogP contribution in [0.2, 0.25) is 0 Å². The Kier molecular flexibility index (Phi) is 14.2. The number of carbonyl (C=O) groups is 5. The largest absolute Gasteiger partial charge is 0.481 e. The topological polar surface area (TPSA) is 237 Å².